The SMILES string of the molecule is CCCCCCCC/C=C\CCCCCCCCOCC(COCCCCCCCCCCCCCCCCCC)OCCCCCCCCCCCCCCCCCC. The van der Waals surface area contributed by atoms with Gasteiger partial charge in [-0.25, -0.2) is 0 Å². The fraction of sp³-hybridized carbons (Fsp3) is 0.965. The highest BCUT2D eigenvalue weighted by Gasteiger charge is 2.10. The van der Waals surface area contributed by atoms with Gasteiger partial charge in [-0.1, -0.05) is 283 Å². The van der Waals surface area contributed by atoms with Gasteiger partial charge in [0, 0.05) is 19.8 Å². The van der Waals surface area contributed by atoms with Gasteiger partial charge in [0.1, 0.15) is 6.10 Å². The van der Waals surface area contributed by atoms with Crippen molar-refractivity contribution in [3.8, 4) is 0 Å². The fourth-order valence-corrected chi connectivity index (χ4v) is 8.68. The van der Waals surface area contributed by atoms with Crippen LogP contribution < -0.4 is 0 Å². The smallest absolute Gasteiger partial charge is 0.104 e. The minimum Gasteiger partial charge on any atom is -0.379 e. The summed E-state index contributed by atoms with van der Waals surface area (Å²) >= 11 is 0. The van der Waals surface area contributed by atoms with E-state index >= 15 is 0 Å². The van der Waals surface area contributed by atoms with E-state index in [4.69, 9.17) is 14.2 Å². The molecule has 0 amide bonds. The number of rotatable bonds is 55. The molecular formula is C57H114O3. The van der Waals surface area contributed by atoms with Gasteiger partial charge in [-0.2, -0.15) is 0 Å². The zero-order valence-corrected chi connectivity index (χ0v) is 42.0. The molecule has 3 nitrogen and oxygen atoms in total. The van der Waals surface area contributed by atoms with Crippen molar-refractivity contribution in [2.45, 2.75) is 322 Å². The summed E-state index contributed by atoms with van der Waals surface area (Å²) in [6, 6.07) is 0. The third-order valence-electron chi connectivity index (χ3n) is 12.9. The largest absolute Gasteiger partial charge is 0.379 e. The quantitative estimate of drug-likeness (QED) is 0.0451. The van der Waals surface area contributed by atoms with Gasteiger partial charge in [-0.3, -0.25) is 0 Å². The minimum atomic E-state index is 0.0801. The van der Waals surface area contributed by atoms with Crippen LogP contribution in [0.5, 0.6) is 0 Å². The van der Waals surface area contributed by atoms with Crippen LogP contribution in [0.1, 0.15) is 316 Å². The van der Waals surface area contributed by atoms with Crippen LogP contribution in [-0.2, 0) is 14.2 Å². The molecule has 1 atom stereocenters. The Morgan fingerprint density at radius 3 is 0.733 bits per heavy atom. The first-order chi connectivity index (χ1) is 29.8. The highest BCUT2D eigenvalue weighted by atomic mass is 16.6. The van der Waals surface area contributed by atoms with Gasteiger partial charge in [0.05, 0.1) is 13.2 Å². The summed E-state index contributed by atoms with van der Waals surface area (Å²) < 4.78 is 18.7. The zero-order chi connectivity index (χ0) is 43.2. The van der Waals surface area contributed by atoms with Crippen LogP contribution in [0.15, 0.2) is 12.2 Å². The second-order valence-electron chi connectivity index (χ2n) is 19.2. The van der Waals surface area contributed by atoms with Gasteiger partial charge in [0.2, 0.25) is 0 Å². The molecule has 0 fully saturated rings. The summed E-state index contributed by atoms with van der Waals surface area (Å²) in [5.74, 6) is 0. The molecular weight excluding hydrogens is 733 g/mol. The van der Waals surface area contributed by atoms with Gasteiger partial charge in [0.25, 0.3) is 0 Å². The van der Waals surface area contributed by atoms with Crippen LogP contribution in [0, 0.1) is 0 Å². The second kappa shape index (κ2) is 56.6. The summed E-state index contributed by atoms with van der Waals surface area (Å²) in [6.45, 7) is 10.9. The molecule has 0 aliphatic carbocycles. The van der Waals surface area contributed by atoms with Crippen molar-refractivity contribution in [3.63, 3.8) is 0 Å². The Balaban J connectivity index is 3.99. The lowest BCUT2D eigenvalue weighted by molar-refractivity contribution is -0.0616. The second-order valence-corrected chi connectivity index (χ2v) is 19.2. The van der Waals surface area contributed by atoms with E-state index in [0.717, 1.165) is 19.8 Å². The van der Waals surface area contributed by atoms with Gasteiger partial charge in [0.15, 0.2) is 0 Å². The van der Waals surface area contributed by atoms with Crippen LogP contribution in [-0.4, -0.2) is 39.1 Å². The summed E-state index contributed by atoms with van der Waals surface area (Å²) in [5, 5.41) is 0. The Bertz CT molecular complexity index is 752. The molecule has 0 aromatic carbocycles. The molecule has 0 aliphatic heterocycles. The lowest BCUT2D eigenvalue weighted by Gasteiger charge is -2.18. The van der Waals surface area contributed by atoms with E-state index in [1.807, 2.05) is 0 Å². The van der Waals surface area contributed by atoms with E-state index in [9.17, 15) is 0 Å². The third-order valence-corrected chi connectivity index (χ3v) is 12.9. The molecule has 360 valence electrons. The molecule has 0 spiro atoms. The van der Waals surface area contributed by atoms with Crippen molar-refractivity contribution < 1.29 is 14.2 Å². The van der Waals surface area contributed by atoms with Gasteiger partial charge < -0.3 is 14.2 Å². The van der Waals surface area contributed by atoms with Crippen molar-refractivity contribution in [3.05, 3.63) is 12.2 Å². The number of allylic oxidation sites excluding steroid dienone is 2. The molecule has 1 unspecified atom stereocenters. The molecule has 3 heteroatoms. The van der Waals surface area contributed by atoms with E-state index in [0.29, 0.717) is 13.2 Å². The molecule has 0 saturated heterocycles. The summed E-state index contributed by atoms with van der Waals surface area (Å²) in [7, 11) is 0. The molecule has 0 aromatic rings. The maximum Gasteiger partial charge on any atom is 0.104 e. The summed E-state index contributed by atoms with van der Waals surface area (Å²) in [5.41, 5.74) is 0. The molecule has 0 aromatic heterocycles. The highest BCUT2D eigenvalue weighted by molar-refractivity contribution is 4.81. The molecule has 0 aliphatic rings. The Morgan fingerprint density at radius 2 is 0.467 bits per heavy atom. The number of unbranched alkanes of at least 4 members (excludes halogenated alkanes) is 42. The predicted octanol–water partition coefficient (Wildman–Crippen LogP) is 20.0. The Labute approximate surface area is 380 Å². The van der Waals surface area contributed by atoms with Gasteiger partial charge >= 0.3 is 0 Å². The standard InChI is InChI=1S/C57H114O3/c1-4-7-10-13-16-19-22-25-28-31-34-37-40-43-46-49-52-58-55-57(60-54-51-48-45-42-39-36-33-30-27-24-21-18-15-12-9-6-3)56-59-53-50-47-44-41-38-35-32-29-26-23-20-17-14-11-8-5-2/h25,28,57H,4-24,26-27,29-56H2,1-3H3/b28-25-. The van der Waals surface area contributed by atoms with E-state index in [2.05, 4.69) is 32.9 Å². The van der Waals surface area contributed by atoms with E-state index in [1.165, 1.54) is 295 Å². The van der Waals surface area contributed by atoms with Gasteiger partial charge in [-0.15, -0.1) is 0 Å². The van der Waals surface area contributed by atoms with Crippen molar-refractivity contribution in [2.24, 2.45) is 0 Å². The van der Waals surface area contributed by atoms with Crippen molar-refractivity contribution in [1.82, 2.24) is 0 Å². The molecule has 0 N–H and O–H groups in total. The van der Waals surface area contributed by atoms with Gasteiger partial charge in [-0.05, 0) is 44.9 Å². The monoisotopic (exact) mass is 847 g/mol. The molecule has 0 bridgehead atoms. The maximum absolute atomic E-state index is 6.37. The average molecular weight is 848 g/mol. The highest BCUT2D eigenvalue weighted by Crippen LogP contribution is 2.16. The molecule has 0 saturated carbocycles. The van der Waals surface area contributed by atoms with Crippen LogP contribution in [0.3, 0.4) is 0 Å². The summed E-state index contributed by atoms with van der Waals surface area (Å²) in [4.78, 5) is 0. The van der Waals surface area contributed by atoms with Crippen molar-refractivity contribution >= 4 is 0 Å². The molecule has 0 heterocycles. The number of hydrogen-bond donors (Lipinski definition) is 0. The summed E-state index contributed by atoms with van der Waals surface area (Å²) in [6.07, 6.45) is 68.8. The molecule has 60 heavy (non-hydrogen) atoms. The molecule has 0 radical (unpaired) electrons. The van der Waals surface area contributed by atoms with E-state index in [-0.39, 0.29) is 6.10 Å². The maximum atomic E-state index is 6.37. The van der Waals surface area contributed by atoms with Crippen LogP contribution >= 0.6 is 0 Å². The first-order valence-corrected chi connectivity index (χ1v) is 28.3. The Morgan fingerprint density at radius 1 is 0.250 bits per heavy atom. The number of hydrogen-bond acceptors (Lipinski definition) is 3. The Kier molecular flexibility index (Phi) is 56.3. The van der Waals surface area contributed by atoms with Crippen LogP contribution in [0.25, 0.3) is 0 Å². The van der Waals surface area contributed by atoms with E-state index in [1.54, 1.807) is 0 Å². The fourth-order valence-electron chi connectivity index (χ4n) is 8.68. The predicted molar refractivity (Wildman–Crippen MR) is 270 cm³/mol. The average Bonchev–Trinajstić information content (AvgIpc) is 3.26. The van der Waals surface area contributed by atoms with Crippen LogP contribution in [0.2, 0.25) is 0 Å². The normalized spacial score (nSPS) is 12.4. The third kappa shape index (κ3) is 53.8. The zero-order valence-electron chi connectivity index (χ0n) is 42.0. The van der Waals surface area contributed by atoms with Crippen LogP contribution in [0.4, 0.5) is 0 Å². The lowest BCUT2D eigenvalue weighted by atomic mass is 10.0. The Hall–Kier alpha value is -0.380. The van der Waals surface area contributed by atoms with Crippen molar-refractivity contribution in [2.75, 3.05) is 33.0 Å². The lowest BCUT2D eigenvalue weighted by Crippen LogP contribution is -2.26. The topological polar surface area (TPSA) is 27.7 Å². The van der Waals surface area contributed by atoms with E-state index < -0.39 is 0 Å². The first-order valence-electron chi connectivity index (χ1n) is 28.3. The molecule has 0 rings (SSSR count). The number of ether oxygens (including phenoxy) is 3. The van der Waals surface area contributed by atoms with Crippen molar-refractivity contribution in [1.29, 1.82) is 0 Å². The minimum absolute atomic E-state index is 0.0801. The first kappa shape index (κ1) is 59.6.